The van der Waals surface area contributed by atoms with Gasteiger partial charge in [0.05, 0.1) is 22.7 Å². The average Bonchev–Trinajstić information content (AvgIpc) is 3.16. The zero-order valence-corrected chi connectivity index (χ0v) is 17.8. The number of piperazine rings is 1. The van der Waals surface area contributed by atoms with Gasteiger partial charge >= 0.3 is 6.18 Å². The molecule has 1 fully saturated rings. The molecule has 0 bridgehead atoms. The Kier molecular flexibility index (Phi) is 5.85. The van der Waals surface area contributed by atoms with Crippen molar-refractivity contribution in [1.82, 2.24) is 14.5 Å². The Morgan fingerprint density at radius 2 is 1.88 bits per heavy atom. The van der Waals surface area contributed by atoms with E-state index in [1.165, 1.54) is 6.07 Å². The summed E-state index contributed by atoms with van der Waals surface area (Å²) in [6.45, 7) is 3.33. The molecule has 3 heterocycles. The maximum atomic E-state index is 13.2. The lowest BCUT2D eigenvalue weighted by Gasteiger charge is -2.35. The quantitative estimate of drug-likeness (QED) is 0.577. The molecular weight excluding hydrogens is 445 g/mol. The van der Waals surface area contributed by atoms with Gasteiger partial charge in [-0.05, 0) is 31.2 Å². The number of fused-ring (bicyclic) bond motifs is 1. The van der Waals surface area contributed by atoms with Gasteiger partial charge in [0.25, 0.3) is 5.91 Å². The van der Waals surface area contributed by atoms with E-state index in [-0.39, 0.29) is 5.91 Å². The first kappa shape index (κ1) is 22.1. The number of benzene rings is 1. The molecule has 2 aromatic heterocycles. The molecule has 1 aliphatic rings. The zero-order valence-electron chi connectivity index (χ0n) is 17.1. The zero-order chi connectivity index (χ0) is 23.0. The van der Waals surface area contributed by atoms with E-state index < -0.39 is 17.8 Å². The molecular formula is C22H19ClF3N4O2. The number of carbonyl (C=O) groups excluding carboxylic acids is 2. The number of alkyl halides is 3. The largest absolute Gasteiger partial charge is 0.417 e. The van der Waals surface area contributed by atoms with Gasteiger partial charge in [-0.15, -0.1) is 0 Å². The molecule has 1 aliphatic heterocycles. The van der Waals surface area contributed by atoms with E-state index in [9.17, 15) is 22.8 Å². The van der Waals surface area contributed by atoms with E-state index >= 15 is 0 Å². The molecule has 1 radical (unpaired) electrons. The van der Waals surface area contributed by atoms with Gasteiger partial charge in [-0.2, -0.15) is 13.2 Å². The summed E-state index contributed by atoms with van der Waals surface area (Å²) in [6.07, 6.45) is -0.0496. The molecule has 0 saturated carbocycles. The predicted octanol–water partition coefficient (Wildman–Crippen LogP) is 4.34. The number of aromatic nitrogens is 2. The molecule has 0 N–H and O–H groups in total. The summed E-state index contributed by atoms with van der Waals surface area (Å²) in [4.78, 5) is 31.9. The van der Waals surface area contributed by atoms with Crippen LogP contribution in [0, 0.1) is 0 Å². The van der Waals surface area contributed by atoms with Crippen molar-refractivity contribution in [2.45, 2.75) is 19.1 Å². The molecule has 6 nitrogen and oxygen atoms in total. The number of halogens is 4. The fraction of sp³-hybridized carbons (Fsp3) is 0.318. The molecule has 167 valence electrons. The van der Waals surface area contributed by atoms with Crippen LogP contribution in [-0.2, 0) is 11.0 Å². The van der Waals surface area contributed by atoms with Gasteiger partial charge in [0.1, 0.15) is 5.82 Å². The highest BCUT2D eigenvalue weighted by atomic mass is 35.5. The van der Waals surface area contributed by atoms with Crippen molar-refractivity contribution in [2.24, 2.45) is 0 Å². The van der Waals surface area contributed by atoms with Crippen LogP contribution < -0.4 is 4.90 Å². The van der Waals surface area contributed by atoms with Crippen LogP contribution in [0.2, 0.25) is 5.02 Å². The van der Waals surface area contributed by atoms with E-state index in [1.807, 2.05) is 11.2 Å². The van der Waals surface area contributed by atoms with Crippen molar-refractivity contribution in [3.8, 4) is 0 Å². The van der Waals surface area contributed by atoms with Crippen molar-refractivity contribution in [3.05, 3.63) is 58.9 Å². The first-order valence-electron chi connectivity index (χ1n) is 9.94. The van der Waals surface area contributed by atoms with Gasteiger partial charge in [-0.1, -0.05) is 17.7 Å². The van der Waals surface area contributed by atoms with Crippen molar-refractivity contribution >= 4 is 40.5 Å². The summed E-state index contributed by atoms with van der Waals surface area (Å²) >= 11 is 6.10. The van der Waals surface area contributed by atoms with Gasteiger partial charge in [0, 0.05) is 49.0 Å². The molecule has 3 aromatic rings. The Hall–Kier alpha value is -3.07. The highest BCUT2D eigenvalue weighted by Gasteiger charge is 2.31. The average molecular weight is 464 g/mol. The van der Waals surface area contributed by atoms with Crippen molar-refractivity contribution < 1.29 is 22.8 Å². The minimum atomic E-state index is -4.43. The summed E-state index contributed by atoms with van der Waals surface area (Å²) in [6, 6.07) is 6.91. The van der Waals surface area contributed by atoms with Gasteiger partial charge in [-0.3, -0.25) is 9.59 Å². The molecule has 1 aromatic carbocycles. The lowest BCUT2D eigenvalue weighted by Crippen LogP contribution is -2.49. The summed E-state index contributed by atoms with van der Waals surface area (Å²) in [5.41, 5.74) is 0.331. The van der Waals surface area contributed by atoms with Crippen molar-refractivity contribution in [1.29, 1.82) is 0 Å². The Bertz CT molecular complexity index is 1150. The van der Waals surface area contributed by atoms with E-state index in [1.54, 1.807) is 40.8 Å². The number of anilines is 1. The number of amides is 1. The van der Waals surface area contributed by atoms with Crippen LogP contribution in [0.3, 0.4) is 0 Å². The first-order chi connectivity index (χ1) is 15.2. The Balaban J connectivity index is 1.51. The minimum Gasteiger partial charge on any atom is -0.353 e. The van der Waals surface area contributed by atoms with Gasteiger partial charge in [-0.25, -0.2) is 4.98 Å². The lowest BCUT2D eigenvalue weighted by atomic mass is 10.1. The third kappa shape index (κ3) is 4.17. The SMILES string of the molecule is CC([C]=O)n1cc(C(=O)N2CCN(c3ccc(C(F)(F)F)cn3)CC2)c2ccc(Cl)cc21. The summed E-state index contributed by atoms with van der Waals surface area (Å²) in [5.74, 6) is 0.251. The molecule has 1 amide bonds. The van der Waals surface area contributed by atoms with Crippen LogP contribution in [0.5, 0.6) is 0 Å². The number of pyridine rings is 1. The predicted molar refractivity (Wildman–Crippen MR) is 115 cm³/mol. The van der Waals surface area contributed by atoms with Crippen molar-refractivity contribution in [3.63, 3.8) is 0 Å². The molecule has 1 unspecified atom stereocenters. The number of rotatable bonds is 4. The highest BCUT2D eigenvalue weighted by Crippen LogP contribution is 2.30. The number of nitrogens with zero attached hydrogens (tertiary/aromatic N) is 4. The van der Waals surface area contributed by atoms with Crippen LogP contribution in [0.15, 0.2) is 42.7 Å². The molecule has 0 aliphatic carbocycles. The smallest absolute Gasteiger partial charge is 0.353 e. The second-order valence-electron chi connectivity index (χ2n) is 7.59. The maximum absolute atomic E-state index is 13.2. The molecule has 1 atom stereocenters. The van der Waals surface area contributed by atoms with Crippen molar-refractivity contribution in [2.75, 3.05) is 31.1 Å². The third-order valence-electron chi connectivity index (χ3n) is 5.58. The molecule has 4 rings (SSSR count). The normalized spacial score (nSPS) is 15.8. The van der Waals surface area contributed by atoms with Gasteiger partial charge in [0.15, 0.2) is 0 Å². The van der Waals surface area contributed by atoms with E-state index in [4.69, 9.17) is 11.6 Å². The maximum Gasteiger partial charge on any atom is 0.417 e. The summed E-state index contributed by atoms with van der Waals surface area (Å²) in [7, 11) is 0. The monoisotopic (exact) mass is 463 g/mol. The van der Waals surface area contributed by atoms with Crippen LogP contribution in [0.1, 0.15) is 28.9 Å². The Morgan fingerprint density at radius 1 is 1.16 bits per heavy atom. The van der Waals surface area contributed by atoms with Crippen LogP contribution in [0.25, 0.3) is 10.9 Å². The highest BCUT2D eigenvalue weighted by molar-refractivity contribution is 6.31. The molecule has 10 heteroatoms. The minimum absolute atomic E-state index is 0.186. The Morgan fingerprint density at radius 3 is 2.47 bits per heavy atom. The van der Waals surface area contributed by atoms with E-state index in [2.05, 4.69) is 4.98 Å². The number of hydrogen-bond acceptors (Lipinski definition) is 4. The summed E-state index contributed by atoms with van der Waals surface area (Å²) in [5, 5.41) is 1.18. The fourth-order valence-electron chi connectivity index (χ4n) is 3.82. The fourth-order valence-corrected chi connectivity index (χ4v) is 3.99. The molecule has 1 saturated heterocycles. The number of carbonyl (C=O) groups is 1. The lowest BCUT2D eigenvalue weighted by molar-refractivity contribution is -0.137. The van der Waals surface area contributed by atoms with Crippen LogP contribution in [-0.4, -0.2) is 52.8 Å². The van der Waals surface area contributed by atoms with Crippen LogP contribution >= 0.6 is 11.6 Å². The van der Waals surface area contributed by atoms with Crippen LogP contribution in [0.4, 0.5) is 19.0 Å². The third-order valence-corrected chi connectivity index (χ3v) is 5.82. The summed E-state index contributed by atoms with van der Waals surface area (Å²) < 4.78 is 39.9. The molecule has 32 heavy (non-hydrogen) atoms. The second kappa shape index (κ2) is 8.46. The van der Waals surface area contributed by atoms with E-state index in [0.29, 0.717) is 53.5 Å². The standard InChI is InChI=1S/C22H19ClF3N4O2/c1-14(13-31)30-12-18(17-4-3-16(23)10-19(17)30)21(32)29-8-6-28(7-9-29)20-5-2-15(11-27-20)22(24,25)26/h2-5,10-12,14H,6-9H2,1H3. The topological polar surface area (TPSA) is 58.4 Å². The van der Waals surface area contributed by atoms with Gasteiger partial charge in [0.2, 0.25) is 6.29 Å². The molecule has 0 spiro atoms. The van der Waals surface area contributed by atoms with Gasteiger partial charge < -0.3 is 14.4 Å². The number of hydrogen-bond donors (Lipinski definition) is 0. The first-order valence-corrected chi connectivity index (χ1v) is 10.3. The Labute approximate surface area is 187 Å². The van der Waals surface area contributed by atoms with E-state index in [0.717, 1.165) is 12.3 Å². The second-order valence-corrected chi connectivity index (χ2v) is 8.02.